The van der Waals surface area contributed by atoms with E-state index in [-0.39, 0.29) is 0 Å². The minimum Gasteiger partial charge on any atom is -0.465 e. The molecule has 3 heteroatoms. The van der Waals surface area contributed by atoms with Crippen molar-refractivity contribution in [1.82, 2.24) is 0 Å². The molecule has 18 heavy (non-hydrogen) atoms. The summed E-state index contributed by atoms with van der Waals surface area (Å²) >= 11 is 0. The first kappa shape index (κ1) is 12.0. The van der Waals surface area contributed by atoms with Crippen LogP contribution in [-0.2, 0) is 4.74 Å². The number of rotatable bonds is 3. The number of aldehydes is 1. The molecular formula is C15H12O3. The maximum atomic E-state index is 11.7. The fourth-order valence-corrected chi connectivity index (χ4v) is 1.78. The van der Waals surface area contributed by atoms with Crippen LogP contribution in [0, 0.1) is 0 Å². The first-order valence-electron chi connectivity index (χ1n) is 5.49. The van der Waals surface area contributed by atoms with Gasteiger partial charge in [-0.15, -0.1) is 0 Å². The van der Waals surface area contributed by atoms with Crippen LogP contribution >= 0.6 is 0 Å². The van der Waals surface area contributed by atoms with Gasteiger partial charge in [0.25, 0.3) is 0 Å². The highest BCUT2D eigenvalue weighted by Gasteiger charge is 2.13. The molecule has 0 unspecified atom stereocenters. The van der Waals surface area contributed by atoms with E-state index in [1.807, 2.05) is 30.3 Å². The van der Waals surface area contributed by atoms with E-state index in [1.165, 1.54) is 7.11 Å². The molecule has 0 aliphatic rings. The molecule has 0 aliphatic carbocycles. The van der Waals surface area contributed by atoms with Gasteiger partial charge >= 0.3 is 5.97 Å². The number of carbonyl (C=O) groups excluding carboxylic acids is 2. The molecule has 2 aromatic rings. The van der Waals surface area contributed by atoms with Crippen LogP contribution in [0.25, 0.3) is 11.1 Å². The normalized spacial score (nSPS) is 9.83. The number of hydrogen-bond donors (Lipinski definition) is 0. The number of hydrogen-bond acceptors (Lipinski definition) is 3. The third-order valence-electron chi connectivity index (χ3n) is 2.67. The summed E-state index contributed by atoms with van der Waals surface area (Å²) in [4.78, 5) is 22.5. The van der Waals surface area contributed by atoms with Crippen LogP contribution < -0.4 is 0 Å². The van der Waals surface area contributed by atoms with E-state index in [1.54, 1.807) is 18.2 Å². The second-order valence-electron chi connectivity index (χ2n) is 3.78. The van der Waals surface area contributed by atoms with Gasteiger partial charge in [0.15, 0.2) is 0 Å². The van der Waals surface area contributed by atoms with E-state index in [4.69, 9.17) is 4.74 Å². The van der Waals surface area contributed by atoms with Crippen LogP contribution in [0.4, 0.5) is 0 Å². The Hall–Kier alpha value is -2.42. The lowest BCUT2D eigenvalue weighted by Gasteiger charge is -2.08. The average Bonchev–Trinajstić information content (AvgIpc) is 2.46. The minimum atomic E-state index is -0.411. The summed E-state index contributed by atoms with van der Waals surface area (Å²) in [6, 6.07) is 14.3. The minimum absolute atomic E-state index is 0.411. The van der Waals surface area contributed by atoms with Gasteiger partial charge in [-0.3, -0.25) is 4.79 Å². The zero-order valence-electron chi connectivity index (χ0n) is 9.92. The Balaban J connectivity index is 2.62. The van der Waals surface area contributed by atoms with Gasteiger partial charge in [0.05, 0.1) is 12.7 Å². The van der Waals surface area contributed by atoms with E-state index >= 15 is 0 Å². The molecule has 0 spiro atoms. The number of methoxy groups -OCH3 is 1. The SMILES string of the molecule is COC(=O)c1ccc(C=O)cc1-c1ccccc1. The zero-order valence-corrected chi connectivity index (χ0v) is 9.92. The van der Waals surface area contributed by atoms with Gasteiger partial charge in [0.1, 0.15) is 6.29 Å². The van der Waals surface area contributed by atoms with Gasteiger partial charge in [0, 0.05) is 5.56 Å². The third kappa shape index (κ3) is 2.30. The van der Waals surface area contributed by atoms with Crippen LogP contribution in [0.2, 0.25) is 0 Å². The molecule has 0 N–H and O–H groups in total. The molecule has 90 valence electrons. The van der Waals surface area contributed by atoms with Gasteiger partial charge in [-0.25, -0.2) is 4.79 Å². The van der Waals surface area contributed by atoms with Crippen molar-refractivity contribution in [3.05, 3.63) is 59.7 Å². The molecule has 0 amide bonds. The second kappa shape index (κ2) is 5.27. The van der Waals surface area contributed by atoms with E-state index in [0.717, 1.165) is 11.8 Å². The lowest BCUT2D eigenvalue weighted by Crippen LogP contribution is -2.04. The fourth-order valence-electron chi connectivity index (χ4n) is 1.78. The van der Waals surface area contributed by atoms with Gasteiger partial charge < -0.3 is 4.74 Å². The Morgan fingerprint density at radius 3 is 2.44 bits per heavy atom. The number of ether oxygens (including phenoxy) is 1. The lowest BCUT2D eigenvalue weighted by atomic mass is 9.97. The van der Waals surface area contributed by atoms with Crippen molar-refractivity contribution in [3.63, 3.8) is 0 Å². The topological polar surface area (TPSA) is 43.4 Å². The molecule has 0 bridgehead atoms. The Morgan fingerprint density at radius 2 is 1.83 bits per heavy atom. The maximum Gasteiger partial charge on any atom is 0.338 e. The standard InChI is InChI=1S/C15H12O3/c1-18-15(17)13-8-7-11(10-16)9-14(13)12-5-3-2-4-6-12/h2-10H,1H3. The molecule has 0 aliphatic heterocycles. The molecule has 2 aromatic carbocycles. The van der Waals surface area contributed by atoms with E-state index in [0.29, 0.717) is 16.7 Å². The van der Waals surface area contributed by atoms with Crippen LogP contribution in [0.1, 0.15) is 20.7 Å². The zero-order chi connectivity index (χ0) is 13.0. The quantitative estimate of drug-likeness (QED) is 0.612. The lowest BCUT2D eigenvalue weighted by molar-refractivity contribution is 0.0601. The monoisotopic (exact) mass is 240 g/mol. The van der Waals surface area contributed by atoms with Crippen molar-refractivity contribution in [2.75, 3.05) is 7.11 Å². The van der Waals surface area contributed by atoms with Gasteiger partial charge in [-0.2, -0.15) is 0 Å². The summed E-state index contributed by atoms with van der Waals surface area (Å²) in [5.74, 6) is -0.411. The third-order valence-corrected chi connectivity index (χ3v) is 2.67. The van der Waals surface area contributed by atoms with Crippen molar-refractivity contribution < 1.29 is 14.3 Å². The molecular weight excluding hydrogens is 228 g/mol. The summed E-state index contributed by atoms with van der Waals surface area (Å²) in [5.41, 5.74) is 2.56. The summed E-state index contributed by atoms with van der Waals surface area (Å²) in [6.07, 6.45) is 0.757. The fraction of sp³-hybridized carbons (Fsp3) is 0.0667. The first-order chi connectivity index (χ1) is 8.76. The molecule has 0 aromatic heterocycles. The van der Waals surface area contributed by atoms with Crippen molar-refractivity contribution in [3.8, 4) is 11.1 Å². The van der Waals surface area contributed by atoms with E-state index in [2.05, 4.69) is 0 Å². The van der Waals surface area contributed by atoms with Gasteiger partial charge in [-0.1, -0.05) is 36.4 Å². The number of esters is 1. The first-order valence-corrected chi connectivity index (χ1v) is 5.49. The van der Waals surface area contributed by atoms with Crippen LogP contribution in [0.15, 0.2) is 48.5 Å². The summed E-state index contributed by atoms with van der Waals surface area (Å²) < 4.78 is 4.74. The largest absolute Gasteiger partial charge is 0.465 e. The molecule has 2 rings (SSSR count). The Morgan fingerprint density at radius 1 is 1.11 bits per heavy atom. The van der Waals surface area contributed by atoms with E-state index < -0.39 is 5.97 Å². The molecule has 0 atom stereocenters. The highest BCUT2D eigenvalue weighted by atomic mass is 16.5. The van der Waals surface area contributed by atoms with Crippen molar-refractivity contribution >= 4 is 12.3 Å². The predicted molar refractivity (Wildman–Crippen MR) is 68.6 cm³/mol. The van der Waals surface area contributed by atoms with Gasteiger partial charge in [-0.05, 0) is 23.3 Å². The summed E-state index contributed by atoms with van der Waals surface area (Å²) in [6.45, 7) is 0. The molecule has 0 saturated carbocycles. The number of carbonyl (C=O) groups is 2. The highest BCUT2D eigenvalue weighted by molar-refractivity contribution is 5.98. The number of benzene rings is 2. The summed E-state index contributed by atoms with van der Waals surface area (Å²) in [5, 5.41) is 0. The highest BCUT2D eigenvalue weighted by Crippen LogP contribution is 2.25. The molecule has 0 heterocycles. The second-order valence-corrected chi connectivity index (χ2v) is 3.78. The van der Waals surface area contributed by atoms with Crippen molar-refractivity contribution in [2.24, 2.45) is 0 Å². The van der Waals surface area contributed by atoms with Crippen molar-refractivity contribution in [1.29, 1.82) is 0 Å². The predicted octanol–water partition coefficient (Wildman–Crippen LogP) is 2.95. The summed E-state index contributed by atoms with van der Waals surface area (Å²) in [7, 11) is 1.34. The average molecular weight is 240 g/mol. The molecule has 0 saturated heterocycles. The molecule has 0 fully saturated rings. The Kier molecular flexibility index (Phi) is 3.53. The van der Waals surface area contributed by atoms with E-state index in [9.17, 15) is 9.59 Å². The van der Waals surface area contributed by atoms with Crippen LogP contribution in [-0.4, -0.2) is 19.4 Å². The Bertz CT molecular complexity index is 574. The van der Waals surface area contributed by atoms with Gasteiger partial charge in [0.2, 0.25) is 0 Å². The molecule has 0 radical (unpaired) electrons. The van der Waals surface area contributed by atoms with Crippen molar-refractivity contribution in [2.45, 2.75) is 0 Å². The molecule has 3 nitrogen and oxygen atoms in total. The van der Waals surface area contributed by atoms with Crippen LogP contribution in [0.3, 0.4) is 0 Å². The Labute approximate surface area is 105 Å². The smallest absolute Gasteiger partial charge is 0.338 e. The van der Waals surface area contributed by atoms with Crippen LogP contribution in [0.5, 0.6) is 0 Å². The maximum absolute atomic E-state index is 11.7.